The quantitative estimate of drug-likeness (QED) is 0.459. The summed E-state index contributed by atoms with van der Waals surface area (Å²) < 4.78 is 0. The second-order valence-corrected chi connectivity index (χ2v) is 3.63. The van der Waals surface area contributed by atoms with Crippen molar-refractivity contribution in [3.8, 4) is 6.07 Å². The van der Waals surface area contributed by atoms with E-state index >= 15 is 0 Å². The van der Waals surface area contributed by atoms with E-state index in [4.69, 9.17) is 16.9 Å². The molecule has 1 unspecified atom stereocenters. The van der Waals surface area contributed by atoms with Crippen molar-refractivity contribution < 1.29 is 4.92 Å². The van der Waals surface area contributed by atoms with Crippen molar-refractivity contribution in [3.05, 3.63) is 57.1 Å². The summed E-state index contributed by atoms with van der Waals surface area (Å²) >= 11 is 5.93. The number of hydrogen-bond donors (Lipinski definition) is 0. The summed E-state index contributed by atoms with van der Waals surface area (Å²) in [6.07, 6.45) is 0. The molecule has 1 rings (SSSR count). The molecule has 1 aromatic rings. The summed E-state index contributed by atoms with van der Waals surface area (Å²) in [6.45, 7) is 3.14. The van der Waals surface area contributed by atoms with Gasteiger partial charge in [0.1, 0.15) is 0 Å². The molecule has 0 fully saturated rings. The molecule has 0 amide bonds. The number of nitro groups is 1. The summed E-state index contributed by atoms with van der Waals surface area (Å²) in [4.78, 5) is 10.1. The Morgan fingerprint density at radius 1 is 1.62 bits per heavy atom. The van der Waals surface area contributed by atoms with Crippen LogP contribution < -0.4 is 0 Å². The van der Waals surface area contributed by atoms with Crippen LogP contribution in [0.3, 0.4) is 0 Å². The monoisotopic (exact) mass is 236 g/mol. The van der Waals surface area contributed by atoms with Crippen molar-refractivity contribution in [2.75, 3.05) is 6.54 Å². The van der Waals surface area contributed by atoms with Crippen molar-refractivity contribution in [1.82, 2.24) is 0 Å². The van der Waals surface area contributed by atoms with Crippen molar-refractivity contribution in [3.63, 3.8) is 0 Å². The van der Waals surface area contributed by atoms with E-state index in [-0.39, 0.29) is 12.1 Å². The van der Waals surface area contributed by atoms with Gasteiger partial charge < -0.3 is 0 Å². The Morgan fingerprint density at radius 2 is 2.25 bits per heavy atom. The Bertz CT molecular complexity index is 465. The van der Waals surface area contributed by atoms with Gasteiger partial charge in [-0.05, 0) is 11.6 Å². The zero-order valence-corrected chi connectivity index (χ0v) is 9.15. The lowest BCUT2D eigenvalue weighted by Crippen LogP contribution is -2.14. The largest absolute Gasteiger partial charge is 0.265 e. The number of rotatable bonds is 4. The summed E-state index contributed by atoms with van der Waals surface area (Å²) in [6, 6.07) is 8.59. The zero-order valence-electron chi connectivity index (χ0n) is 8.39. The summed E-state index contributed by atoms with van der Waals surface area (Å²) in [5.41, 5.74) is 0.706. The van der Waals surface area contributed by atoms with Gasteiger partial charge in [0.15, 0.2) is 0 Å². The van der Waals surface area contributed by atoms with Crippen LogP contribution in [0.25, 0.3) is 0 Å². The van der Waals surface area contributed by atoms with Crippen LogP contribution in [0.5, 0.6) is 0 Å². The molecular weight excluding hydrogens is 228 g/mol. The number of halogens is 1. The third-order valence-electron chi connectivity index (χ3n) is 2.18. The van der Waals surface area contributed by atoms with E-state index in [0.717, 1.165) is 0 Å². The summed E-state index contributed by atoms with van der Waals surface area (Å²) in [7, 11) is 0. The van der Waals surface area contributed by atoms with E-state index in [1.54, 1.807) is 24.3 Å². The van der Waals surface area contributed by atoms with Crippen LogP contribution in [0, 0.1) is 21.4 Å². The number of nitrogens with zero attached hydrogens (tertiary/aromatic N) is 2. The molecular formula is C11H9ClN2O2. The third-order valence-corrected chi connectivity index (χ3v) is 2.52. The first-order valence-corrected chi connectivity index (χ1v) is 4.89. The standard InChI is InChI=1S/C11H9ClN2O2/c1-8(6-13)10(7-14(15)16)9-4-2-3-5-11(9)12/h2-5,10H,1,7H2. The highest BCUT2D eigenvalue weighted by molar-refractivity contribution is 6.31. The van der Waals surface area contributed by atoms with Gasteiger partial charge in [-0.2, -0.15) is 5.26 Å². The highest BCUT2D eigenvalue weighted by Crippen LogP contribution is 2.29. The third kappa shape index (κ3) is 2.81. The van der Waals surface area contributed by atoms with E-state index in [0.29, 0.717) is 10.6 Å². The Kier molecular flexibility index (Phi) is 4.03. The zero-order chi connectivity index (χ0) is 12.1. The molecule has 0 saturated carbocycles. The lowest BCUT2D eigenvalue weighted by molar-refractivity contribution is -0.481. The minimum Gasteiger partial charge on any atom is -0.265 e. The Labute approximate surface area is 97.9 Å². The van der Waals surface area contributed by atoms with Crippen LogP contribution in [0.15, 0.2) is 36.4 Å². The average molecular weight is 237 g/mol. The lowest BCUT2D eigenvalue weighted by Gasteiger charge is -2.12. The molecule has 0 aromatic heterocycles. The van der Waals surface area contributed by atoms with Gasteiger partial charge in [0.25, 0.3) is 0 Å². The van der Waals surface area contributed by atoms with Gasteiger partial charge in [-0.25, -0.2) is 0 Å². The lowest BCUT2D eigenvalue weighted by atomic mass is 9.93. The highest BCUT2D eigenvalue weighted by atomic mass is 35.5. The molecule has 82 valence electrons. The fourth-order valence-electron chi connectivity index (χ4n) is 1.38. The molecule has 0 N–H and O–H groups in total. The smallest absolute Gasteiger partial charge is 0.215 e. The molecule has 1 aromatic carbocycles. The fraction of sp³-hybridized carbons (Fsp3) is 0.182. The molecule has 0 radical (unpaired) electrons. The van der Waals surface area contributed by atoms with Crippen LogP contribution in [0.1, 0.15) is 11.5 Å². The first-order chi connectivity index (χ1) is 7.56. The van der Waals surface area contributed by atoms with E-state index in [1.807, 2.05) is 6.07 Å². The van der Waals surface area contributed by atoms with Gasteiger partial charge in [-0.1, -0.05) is 36.4 Å². The molecule has 1 atom stereocenters. The molecule has 0 saturated heterocycles. The van der Waals surface area contributed by atoms with Crippen LogP contribution in [0.4, 0.5) is 0 Å². The summed E-state index contributed by atoms with van der Waals surface area (Å²) in [5.74, 6) is -0.659. The molecule has 0 heterocycles. The molecule has 4 nitrogen and oxygen atoms in total. The van der Waals surface area contributed by atoms with Crippen LogP contribution in [-0.2, 0) is 0 Å². The number of nitriles is 1. The minimum absolute atomic E-state index is 0.143. The van der Waals surface area contributed by atoms with E-state index in [9.17, 15) is 10.1 Å². The maximum absolute atomic E-state index is 10.5. The van der Waals surface area contributed by atoms with Gasteiger partial charge in [-0.15, -0.1) is 0 Å². The van der Waals surface area contributed by atoms with Gasteiger partial charge in [-0.3, -0.25) is 10.1 Å². The summed E-state index contributed by atoms with van der Waals surface area (Å²) in [5, 5.41) is 19.7. The van der Waals surface area contributed by atoms with Gasteiger partial charge in [0.05, 0.1) is 12.0 Å². The normalized spacial score (nSPS) is 11.5. The van der Waals surface area contributed by atoms with Crippen molar-refractivity contribution in [1.29, 1.82) is 5.26 Å². The maximum atomic E-state index is 10.5. The molecule has 0 aliphatic heterocycles. The van der Waals surface area contributed by atoms with E-state index in [1.165, 1.54) is 0 Å². The fourth-order valence-corrected chi connectivity index (χ4v) is 1.65. The van der Waals surface area contributed by atoms with Crippen LogP contribution in [-0.4, -0.2) is 11.5 Å². The van der Waals surface area contributed by atoms with Gasteiger partial charge in [0, 0.05) is 15.5 Å². The van der Waals surface area contributed by atoms with E-state index in [2.05, 4.69) is 6.58 Å². The molecule has 0 spiro atoms. The van der Waals surface area contributed by atoms with Crippen molar-refractivity contribution >= 4 is 11.6 Å². The Hall–Kier alpha value is -1.86. The first kappa shape index (κ1) is 12.2. The van der Waals surface area contributed by atoms with Gasteiger partial charge >= 0.3 is 0 Å². The molecule has 0 aliphatic carbocycles. The Morgan fingerprint density at radius 3 is 2.75 bits per heavy atom. The predicted molar refractivity (Wildman–Crippen MR) is 60.8 cm³/mol. The van der Waals surface area contributed by atoms with Crippen LogP contribution >= 0.6 is 11.6 Å². The second kappa shape index (κ2) is 5.29. The van der Waals surface area contributed by atoms with Crippen molar-refractivity contribution in [2.24, 2.45) is 0 Å². The van der Waals surface area contributed by atoms with Crippen molar-refractivity contribution in [2.45, 2.75) is 5.92 Å². The molecule has 5 heteroatoms. The van der Waals surface area contributed by atoms with Crippen LogP contribution in [0.2, 0.25) is 5.02 Å². The number of benzene rings is 1. The molecule has 16 heavy (non-hydrogen) atoms. The predicted octanol–water partition coefficient (Wildman–Crippen LogP) is 2.78. The average Bonchev–Trinajstić information content (AvgIpc) is 2.26. The van der Waals surface area contributed by atoms with Gasteiger partial charge in [0.2, 0.25) is 6.54 Å². The van der Waals surface area contributed by atoms with E-state index < -0.39 is 10.8 Å². The minimum atomic E-state index is -0.659. The molecule has 0 aliphatic rings. The maximum Gasteiger partial charge on any atom is 0.215 e. The SMILES string of the molecule is C=C(C#N)C(C[N+](=O)[O-])c1ccccc1Cl. The topological polar surface area (TPSA) is 66.9 Å². The second-order valence-electron chi connectivity index (χ2n) is 3.23. The highest BCUT2D eigenvalue weighted by Gasteiger charge is 2.23. The first-order valence-electron chi connectivity index (χ1n) is 4.51. The Balaban J connectivity index is 3.12. The molecule has 0 bridgehead atoms. The number of hydrogen-bond acceptors (Lipinski definition) is 3.